The van der Waals surface area contributed by atoms with Crippen molar-refractivity contribution in [2.45, 2.75) is 6.10 Å². The van der Waals surface area contributed by atoms with E-state index in [9.17, 15) is 5.11 Å². The Bertz CT molecular complexity index is 517. The summed E-state index contributed by atoms with van der Waals surface area (Å²) >= 11 is 20.1. The third-order valence-corrected chi connectivity index (χ3v) is 5.88. The zero-order valence-electron chi connectivity index (χ0n) is 8.25. The maximum atomic E-state index is 10.2. The summed E-state index contributed by atoms with van der Waals surface area (Å²) in [4.78, 5) is 0.821. The van der Waals surface area contributed by atoms with Crippen molar-refractivity contribution in [3.63, 3.8) is 0 Å². The molecule has 0 amide bonds. The second-order valence-corrected chi connectivity index (χ2v) is 7.50. The molecule has 6 heteroatoms. The first-order chi connectivity index (χ1) is 7.97. The van der Waals surface area contributed by atoms with Crippen molar-refractivity contribution in [2.75, 3.05) is 0 Å². The predicted octanol–water partition coefficient (Wildman–Crippen LogP) is 5.66. The first-order valence-corrected chi connectivity index (χ1v) is 7.72. The van der Waals surface area contributed by atoms with Gasteiger partial charge in [-0.25, -0.2) is 0 Å². The third-order valence-electron chi connectivity index (χ3n) is 2.13. The van der Waals surface area contributed by atoms with Crippen molar-refractivity contribution in [1.82, 2.24) is 0 Å². The van der Waals surface area contributed by atoms with Crippen LogP contribution in [-0.2, 0) is 0 Å². The van der Waals surface area contributed by atoms with E-state index in [4.69, 9.17) is 23.2 Å². The Kier molecular flexibility index (Phi) is 4.55. The molecule has 1 N–H and O–H groups in total. The molecular formula is C11H6Br2Cl2OS. The van der Waals surface area contributed by atoms with Crippen molar-refractivity contribution in [1.29, 1.82) is 0 Å². The SMILES string of the molecule is OC(c1cc(Cl)cc(Cl)c1)c1cc(Br)c(Br)s1. The van der Waals surface area contributed by atoms with Gasteiger partial charge < -0.3 is 5.11 Å². The van der Waals surface area contributed by atoms with Crippen LogP contribution in [0.2, 0.25) is 10.0 Å². The van der Waals surface area contributed by atoms with Crippen LogP contribution in [0.15, 0.2) is 32.5 Å². The minimum atomic E-state index is -0.723. The Balaban J connectivity index is 2.39. The summed E-state index contributed by atoms with van der Waals surface area (Å²) in [6, 6.07) is 6.92. The number of benzene rings is 1. The second-order valence-electron chi connectivity index (χ2n) is 3.38. The number of aliphatic hydroxyl groups is 1. The molecule has 0 radical (unpaired) electrons. The van der Waals surface area contributed by atoms with Crippen LogP contribution in [0.1, 0.15) is 16.5 Å². The first-order valence-electron chi connectivity index (χ1n) is 4.56. The van der Waals surface area contributed by atoms with Gasteiger partial charge in [-0.3, -0.25) is 0 Å². The third kappa shape index (κ3) is 3.25. The second kappa shape index (κ2) is 5.59. The van der Waals surface area contributed by atoms with E-state index in [1.807, 2.05) is 6.07 Å². The molecule has 0 aliphatic heterocycles. The van der Waals surface area contributed by atoms with Crippen LogP contribution in [0.25, 0.3) is 0 Å². The summed E-state index contributed by atoms with van der Waals surface area (Å²) in [5, 5.41) is 11.3. The van der Waals surface area contributed by atoms with Crippen LogP contribution in [-0.4, -0.2) is 5.11 Å². The van der Waals surface area contributed by atoms with Gasteiger partial charge in [-0.15, -0.1) is 11.3 Å². The van der Waals surface area contributed by atoms with Crippen molar-refractivity contribution in [3.8, 4) is 0 Å². The highest BCUT2D eigenvalue weighted by molar-refractivity contribution is 9.13. The lowest BCUT2D eigenvalue weighted by Crippen LogP contribution is -1.96. The maximum absolute atomic E-state index is 10.2. The van der Waals surface area contributed by atoms with E-state index in [0.717, 1.165) is 13.1 Å². The van der Waals surface area contributed by atoms with Gasteiger partial charge in [0.1, 0.15) is 6.10 Å². The highest BCUT2D eigenvalue weighted by atomic mass is 79.9. The molecule has 2 aromatic rings. The normalized spacial score (nSPS) is 12.8. The molecule has 1 atom stereocenters. The Morgan fingerprint density at radius 1 is 1.06 bits per heavy atom. The highest BCUT2D eigenvalue weighted by Gasteiger charge is 2.16. The largest absolute Gasteiger partial charge is 0.383 e. The Labute approximate surface area is 130 Å². The molecule has 1 aromatic heterocycles. The molecule has 17 heavy (non-hydrogen) atoms. The van der Waals surface area contributed by atoms with Crippen molar-refractivity contribution in [3.05, 3.63) is 53.0 Å². The first kappa shape index (κ1) is 13.8. The molecular weight excluding hydrogens is 411 g/mol. The Hall–Kier alpha value is 0.420. The van der Waals surface area contributed by atoms with Crippen molar-refractivity contribution >= 4 is 66.4 Å². The molecule has 1 aromatic carbocycles. The molecule has 90 valence electrons. The van der Waals surface area contributed by atoms with Gasteiger partial charge in [0.15, 0.2) is 0 Å². The fraction of sp³-hybridized carbons (Fsp3) is 0.0909. The molecule has 0 saturated heterocycles. The fourth-order valence-corrected chi connectivity index (χ4v) is 4.04. The van der Waals surface area contributed by atoms with Gasteiger partial charge in [0.25, 0.3) is 0 Å². The van der Waals surface area contributed by atoms with Gasteiger partial charge in [-0.05, 0) is 61.7 Å². The lowest BCUT2D eigenvalue weighted by Gasteiger charge is -2.09. The molecule has 0 fully saturated rings. The van der Waals surface area contributed by atoms with Crippen LogP contribution >= 0.6 is 66.4 Å². The lowest BCUT2D eigenvalue weighted by atomic mass is 10.1. The molecule has 1 heterocycles. The van der Waals surface area contributed by atoms with E-state index in [0.29, 0.717) is 15.6 Å². The quantitative estimate of drug-likeness (QED) is 0.669. The molecule has 0 aliphatic carbocycles. The summed E-state index contributed by atoms with van der Waals surface area (Å²) in [7, 11) is 0. The zero-order chi connectivity index (χ0) is 12.6. The van der Waals surface area contributed by atoms with E-state index in [-0.39, 0.29) is 0 Å². The summed E-state index contributed by atoms with van der Waals surface area (Å²) in [5.74, 6) is 0. The summed E-state index contributed by atoms with van der Waals surface area (Å²) in [5.41, 5.74) is 0.684. The molecule has 1 nitrogen and oxygen atoms in total. The fourth-order valence-electron chi connectivity index (χ4n) is 1.40. The van der Waals surface area contributed by atoms with Crippen LogP contribution in [0.5, 0.6) is 0 Å². The predicted molar refractivity (Wildman–Crippen MR) is 80.2 cm³/mol. The van der Waals surface area contributed by atoms with Crippen LogP contribution in [0.3, 0.4) is 0 Å². The van der Waals surface area contributed by atoms with Crippen LogP contribution in [0, 0.1) is 0 Å². The molecule has 2 rings (SSSR count). The van der Waals surface area contributed by atoms with E-state index in [1.165, 1.54) is 11.3 Å². The average molecular weight is 417 g/mol. The van der Waals surface area contributed by atoms with Gasteiger partial charge in [0.05, 0.1) is 3.79 Å². The molecule has 0 saturated carbocycles. The molecule has 0 spiro atoms. The average Bonchev–Trinajstić information content (AvgIpc) is 2.57. The number of halogens is 4. The summed E-state index contributed by atoms with van der Waals surface area (Å²) in [6.07, 6.45) is -0.723. The molecule has 0 bridgehead atoms. The summed E-state index contributed by atoms with van der Waals surface area (Å²) < 4.78 is 1.87. The number of hydrogen-bond donors (Lipinski definition) is 1. The van der Waals surface area contributed by atoms with Gasteiger partial charge in [-0.2, -0.15) is 0 Å². The number of hydrogen-bond acceptors (Lipinski definition) is 2. The minimum Gasteiger partial charge on any atom is -0.383 e. The van der Waals surface area contributed by atoms with Crippen LogP contribution in [0.4, 0.5) is 0 Å². The van der Waals surface area contributed by atoms with Gasteiger partial charge in [-0.1, -0.05) is 23.2 Å². The Morgan fingerprint density at radius 2 is 1.65 bits per heavy atom. The number of rotatable bonds is 2. The van der Waals surface area contributed by atoms with E-state index >= 15 is 0 Å². The van der Waals surface area contributed by atoms with E-state index < -0.39 is 6.10 Å². The van der Waals surface area contributed by atoms with Crippen LogP contribution < -0.4 is 0 Å². The smallest absolute Gasteiger partial charge is 0.113 e. The van der Waals surface area contributed by atoms with Gasteiger partial charge >= 0.3 is 0 Å². The lowest BCUT2D eigenvalue weighted by molar-refractivity contribution is 0.224. The van der Waals surface area contributed by atoms with Gasteiger partial charge in [0, 0.05) is 19.4 Å². The number of thiophene rings is 1. The zero-order valence-corrected chi connectivity index (χ0v) is 13.8. The van der Waals surface area contributed by atoms with E-state index in [1.54, 1.807) is 18.2 Å². The molecule has 1 unspecified atom stereocenters. The van der Waals surface area contributed by atoms with Crippen molar-refractivity contribution in [2.24, 2.45) is 0 Å². The topological polar surface area (TPSA) is 20.2 Å². The van der Waals surface area contributed by atoms with Gasteiger partial charge in [0.2, 0.25) is 0 Å². The summed E-state index contributed by atoms with van der Waals surface area (Å²) in [6.45, 7) is 0. The Morgan fingerprint density at radius 3 is 2.12 bits per heavy atom. The van der Waals surface area contributed by atoms with Crippen molar-refractivity contribution < 1.29 is 5.11 Å². The minimum absolute atomic E-state index is 0.515. The molecule has 0 aliphatic rings. The standard InChI is InChI=1S/C11H6Br2Cl2OS/c12-8-4-9(17-11(8)13)10(16)5-1-6(14)3-7(15)2-5/h1-4,10,16H. The highest BCUT2D eigenvalue weighted by Crippen LogP contribution is 2.38. The van der Waals surface area contributed by atoms with E-state index in [2.05, 4.69) is 31.9 Å². The maximum Gasteiger partial charge on any atom is 0.113 e. The monoisotopic (exact) mass is 414 g/mol. The number of aliphatic hydroxyl groups excluding tert-OH is 1.